The minimum Gasteiger partial charge on any atom is -0.475 e. The minimum atomic E-state index is -1.11. The number of hydrogen-bond acceptors (Lipinski definition) is 3. The van der Waals surface area contributed by atoms with E-state index in [1.165, 1.54) is 6.08 Å². The Morgan fingerprint density at radius 1 is 1.12 bits per heavy atom. The molecule has 5 heteroatoms. The first kappa shape index (κ1) is 15.6. The standard InChI is InChI=1S/C19H15NO4/c1-12-15-11-14(8-9-16(15)24-18(12)19(22)23)20-17(21)10-7-13-5-3-2-4-6-13/h2-11H,1H3,(H,20,21)(H,22,23)/b10-7+. The van der Waals surface area contributed by atoms with Crippen molar-refractivity contribution in [1.29, 1.82) is 0 Å². The number of carbonyl (C=O) groups is 2. The molecule has 0 bridgehead atoms. The van der Waals surface area contributed by atoms with Gasteiger partial charge in [0.2, 0.25) is 11.7 Å². The van der Waals surface area contributed by atoms with Crippen LogP contribution in [-0.2, 0) is 4.79 Å². The van der Waals surface area contributed by atoms with E-state index in [0.717, 1.165) is 5.56 Å². The highest BCUT2D eigenvalue weighted by molar-refractivity contribution is 6.03. The molecule has 0 saturated carbocycles. The van der Waals surface area contributed by atoms with Crippen LogP contribution in [0.3, 0.4) is 0 Å². The van der Waals surface area contributed by atoms with Crippen LogP contribution in [0.5, 0.6) is 0 Å². The molecule has 3 aromatic rings. The van der Waals surface area contributed by atoms with Gasteiger partial charge in [0.15, 0.2) is 0 Å². The van der Waals surface area contributed by atoms with Crippen molar-refractivity contribution < 1.29 is 19.1 Å². The maximum Gasteiger partial charge on any atom is 0.372 e. The van der Waals surface area contributed by atoms with Gasteiger partial charge < -0.3 is 14.8 Å². The van der Waals surface area contributed by atoms with Gasteiger partial charge in [-0.05, 0) is 36.8 Å². The van der Waals surface area contributed by atoms with E-state index in [9.17, 15) is 9.59 Å². The van der Waals surface area contributed by atoms with Crippen LogP contribution in [0.4, 0.5) is 5.69 Å². The van der Waals surface area contributed by atoms with Gasteiger partial charge in [0.25, 0.3) is 0 Å². The molecule has 2 aromatic carbocycles. The van der Waals surface area contributed by atoms with Crippen LogP contribution in [0.15, 0.2) is 59.0 Å². The van der Waals surface area contributed by atoms with E-state index >= 15 is 0 Å². The molecule has 1 heterocycles. The van der Waals surface area contributed by atoms with Crippen molar-refractivity contribution in [2.45, 2.75) is 6.92 Å². The zero-order chi connectivity index (χ0) is 17.1. The zero-order valence-corrected chi connectivity index (χ0v) is 12.9. The van der Waals surface area contributed by atoms with Crippen LogP contribution in [0.1, 0.15) is 21.7 Å². The molecule has 0 unspecified atom stereocenters. The van der Waals surface area contributed by atoms with Crippen LogP contribution in [0.25, 0.3) is 17.0 Å². The molecule has 0 saturated heterocycles. The predicted octanol–water partition coefficient (Wildman–Crippen LogP) is 4.09. The molecular weight excluding hydrogens is 306 g/mol. The smallest absolute Gasteiger partial charge is 0.372 e. The lowest BCUT2D eigenvalue weighted by atomic mass is 10.1. The average molecular weight is 321 g/mol. The zero-order valence-electron chi connectivity index (χ0n) is 12.9. The molecule has 0 atom stereocenters. The second-order valence-electron chi connectivity index (χ2n) is 5.31. The quantitative estimate of drug-likeness (QED) is 0.709. The third kappa shape index (κ3) is 3.20. The first-order valence-corrected chi connectivity index (χ1v) is 7.35. The van der Waals surface area contributed by atoms with Gasteiger partial charge in [-0.25, -0.2) is 4.79 Å². The summed E-state index contributed by atoms with van der Waals surface area (Å²) in [5.74, 6) is -1.46. The third-order valence-electron chi connectivity index (χ3n) is 3.62. The monoisotopic (exact) mass is 321 g/mol. The van der Waals surface area contributed by atoms with E-state index in [-0.39, 0.29) is 11.7 Å². The largest absolute Gasteiger partial charge is 0.475 e. The maximum atomic E-state index is 12.0. The van der Waals surface area contributed by atoms with E-state index in [4.69, 9.17) is 9.52 Å². The second-order valence-corrected chi connectivity index (χ2v) is 5.31. The number of carboxylic acids is 1. The molecule has 0 aliphatic rings. The molecule has 0 spiro atoms. The molecule has 5 nitrogen and oxygen atoms in total. The summed E-state index contributed by atoms with van der Waals surface area (Å²) in [6.45, 7) is 1.68. The Bertz CT molecular complexity index is 939. The Morgan fingerprint density at radius 2 is 1.88 bits per heavy atom. The first-order chi connectivity index (χ1) is 11.5. The van der Waals surface area contributed by atoms with Crippen molar-refractivity contribution in [1.82, 2.24) is 0 Å². The van der Waals surface area contributed by atoms with Crippen molar-refractivity contribution in [3.8, 4) is 0 Å². The van der Waals surface area contributed by atoms with Gasteiger partial charge in [0.1, 0.15) is 5.58 Å². The van der Waals surface area contributed by atoms with Gasteiger partial charge >= 0.3 is 5.97 Å². The lowest BCUT2D eigenvalue weighted by Gasteiger charge is -2.02. The summed E-state index contributed by atoms with van der Waals surface area (Å²) in [5, 5.41) is 12.5. The summed E-state index contributed by atoms with van der Waals surface area (Å²) in [5.41, 5.74) is 2.52. The highest BCUT2D eigenvalue weighted by Gasteiger charge is 2.16. The molecule has 120 valence electrons. The average Bonchev–Trinajstić information content (AvgIpc) is 2.91. The lowest BCUT2D eigenvalue weighted by Crippen LogP contribution is -2.07. The Labute approximate surface area is 138 Å². The Morgan fingerprint density at radius 3 is 2.58 bits per heavy atom. The molecule has 0 aliphatic heterocycles. The Kier molecular flexibility index (Phi) is 4.16. The summed E-state index contributed by atoms with van der Waals surface area (Å²) in [4.78, 5) is 23.1. The molecule has 3 rings (SSSR count). The van der Waals surface area contributed by atoms with Gasteiger partial charge in [0.05, 0.1) is 0 Å². The third-order valence-corrected chi connectivity index (χ3v) is 3.62. The van der Waals surface area contributed by atoms with Crippen LogP contribution >= 0.6 is 0 Å². The molecule has 0 aliphatic carbocycles. The summed E-state index contributed by atoms with van der Waals surface area (Å²) in [6, 6.07) is 14.5. The summed E-state index contributed by atoms with van der Waals surface area (Å²) < 4.78 is 5.30. The number of nitrogens with one attached hydrogen (secondary N) is 1. The second kappa shape index (κ2) is 6.42. The number of carboxylic acid groups (broad SMARTS) is 1. The molecule has 2 N–H and O–H groups in total. The lowest BCUT2D eigenvalue weighted by molar-refractivity contribution is -0.111. The number of aryl methyl sites for hydroxylation is 1. The van der Waals surface area contributed by atoms with E-state index in [0.29, 0.717) is 22.2 Å². The van der Waals surface area contributed by atoms with E-state index < -0.39 is 5.97 Å². The number of anilines is 1. The number of furan rings is 1. The number of benzene rings is 2. The number of aromatic carboxylic acids is 1. The number of rotatable bonds is 4. The number of amides is 1. The summed E-state index contributed by atoms with van der Waals surface area (Å²) >= 11 is 0. The summed E-state index contributed by atoms with van der Waals surface area (Å²) in [7, 11) is 0. The maximum absolute atomic E-state index is 12.0. The van der Waals surface area contributed by atoms with Crippen LogP contribution < -0.4 is 5.32 Å². The number of fused-ring (bicyclic) bond motifs is 1. The number of carbonyl (C=O) groups excluding carboxylic acids is 1. The van der Waals surface area contributed by atoms with Gasteiger partial charge in [-0.1, -0.05) is 30.3 Å². The molecule has 0 radical (unpaired) electrons. The van der Waals surface area contributed by atoms with Crippen LogP contribution in [-0.4, -0.2) is 17.0 Å². The Balaban J connectivity index is 1.80. The SMILES string of the molecule is Cc1c(C(=O)O)oc2ccc(NC(=O)/C=C/c3ccccc3)cc12. The van der Waals surface area contributed by atoms with Gasteiger partial charge in [-0.3, -0.25) is 4.79 Å². The molecular formula is C19H15NO4. The fourth-order valence-electron chi connectivity index (χ4n) is 2.42. The summed E-state index contributed by atoms with van der Waals surface area (Å²) in [6.07, 6.45) is 3.17. The van der Waals surface area contributed by atoms with E-state index in [1.54, 1.807) is 31.2 Å². The van der Waals surface area contributed by atoms with Crippen molar-refractivity contribution in [2.24, 2.45) is 0 Å². The minimum absolute atomic E-state index is 0.0857. The van der Waals surface area contributed by atoms with Crippen LogP contribution in [0.2, 0.25) is 0 Å². The van der Waals surface area contributed by atoms with Crippen molar-refractivity contribution in [2.75, 3.05) is 5.32 Å². The first-order valence-electron chi connectivity index (χ1n) is 7.35. The van der Waals surface area contributed by atoms with Crippen molar-refractivity contribution >= 4 is 34.6 Å². The molecule has 1 amide bonds. The van der Waals surface area contributed by atoms with E-state index in [2.05, 4.69) is 5.32 Å². The van der Waals surface area contributed by atoms with Gasteiger partial charge in [0, 0.05) is 22.7 Å². The highest BCUT2D eigenvalue weighted by Crippen LogP contribution is 2.28. The highest BCUT2D eigenvalue weighted by atomic mass is 16.4. The van der Waals surface area contributed by atoms with Gasteiger partial charge in [-0.2, -0.15) is 0 Å². The molecule has 1 aromatic heterocycles. The Hall–Kier alpha value is -3.34. The normalized spacial score (nSPS) is 11.0. The predicted molar refractivity (Wildman–Crippen MR) is 92.0 cm³/mol. The van der Waals surface area contributed by atoms with Crippen molar-refractivity contribution in [3.63, 3.8) is 0 Å². The fraction of sp³-hybridized carbons (Fsp3) is 0.0526. The van der Waals surface area contributed by atoms with Crippen LogP contribution in [0, 0.1) is 6.92 Å². The fourth-order valence-corrected chi connectivity index (χ4v) is 2.42. The van der Waals surface area contributed by atoms with Gasteiger partial charge in [-0.15, -0.1) is 0 Å². The van der Waals surface area contributed by atoms with E-state index in [1.807, 2.05) is 30.3 Å². The topological polar surface area (TPSA) is 79.5 Å². The molecule has 24 heavy (non-hydrogen) atoms. The number of hydrogen-bond donors (Lipinski definition) is 2. The van der Waals surface area contributed by atoms with Crippen molar-refractivity contribution in [3.05, 3.63) is 71.5 Å². The molecule has 0 fully saturated rings.